The van der Waals surface area contributed by atoms with Crippen LogP contribution >= 0.6 is 0 Å². The van der Waals surface area contributed by atoms with Crippen LogP contribution in [0.5, 0.6) is 11.5 Å². The number of para-hydroxylation sites is 1. The van der Waals surface area contributed by atoms with Crippen molar-refractivity contribution in [2.75, 3.05) is 42.7 Å². The smallest absolute Gasteiger partial charge is 0.495 e. The molecule has 1 atom stereocenters. The Morgan fingerprint density at radius 1 is 0.413 bits per heavy atom. The van der Waals surface area contributed by atoms with Gasteiger partial charge in [0, 0.05) is 87.1 Å². The van der Waals surface area contributed by atoms with E-state index in [1.807, 2.05) is 129 Å². The molecular formula is C116H130B2N2O23. The Kier molecular flexibility index (Phi) is 28.6. The van der Waals surface area contributed by atoms with Gasteiger partial charge in [0.05, 0.1) is 58.0 Å². The zero-order valence-corrected chi connectivity index (χ0v) is 84.4. The molecule has 4 aliphatic heterocycles. The molecule has 27 heteroatoms. The number of nitriles is 2. The Hall–Kier alpha value is -11.8. The summed E-state index contributed by atoms with van der Waals surface area (Å²) in [5, 5.41) is 49.0. The van der Waals surface area contributed by atoms with Crippen molar-refractivity contribution < 1.29 is 110 Å². The number of aryl methyl sites for hydroxylation is 1. The van der Waals surface area contributed by atoms with Crippen molar-refractivity contribution in [2.45, 2.75) is 225 Å². The first-order valence-electron chi connectivity index (χ1n) is 50.7. The molecule has 0 amide bonds. The van der Waals surface area contributed by atoms with Gasteiger partial charge in [-0.25, -0.2) is 24.1 Å². The van der Waals surface area contributed by atoms with Gasteiger partial charge >= 0.3 is 38.1 Å². The average Bonchev–Trinajstić information content (AvgIpc) is 0.831. The number of rotatable bonds is 23. The number of phenols is 1. The van der Waals surface area contributed by atoms with Gasteiger partial charge in [0.15, 0.2) is 24.5 Å². The summed E-state index contributed by atoms with van der Waals surface area (Å²) in [4.78, 5) is 94.5. The number of aliphatic carboxylic acids is 2. The van der Waals surface area contributed by atoms with E-state index in [9.17, 15) is 59.4 Å². The number of esters is 2. The zero-order valence-electron chi connectivity index (χ0n) is 84.4. The van der Waals surface area contributed by atoms with Crippen LogP contribution in [0, 0.1) is 124 Å². The molecule has 0 radical (unpaired) electrons. The Bertz CT molecular complexity index is 6060. The molecule has 19 fully saturated rings. The van der Waals surface area contributed by atoms with Gasteiger partial charge in [-0.05, 0) is 420 Å². The molecule has 16 bridgehead atoms. The molecule has 3 saturated heterocycles. The van der Waals surface area contributed by atoms with Crippen molar-refractivity contribution in [2.24, 2.45) is 94.7 Å². The second-order valence-electron chi connectivity index (χ2n) is 44.5. The third kappa shape index (κ3) is 19.1. The van der Waals surface area contributed by atoms with E-state index in [0.717, 1.165) is 132 Å². The van der Waals surface area contributed by atoms with Crippen molar-refractivity contribution in [1.82, 2.24) is 0 Å². The van der Waals surface area contributed by atoms with E-state index in [1.165, 1.54) is 158 Å². The molecule has 143 heavy (non-hydrogen) atoms. The Morgan fingerprint density at radius 2 is 0.776 bits per heavy atom. The van der Waals surface area contributed by atoms with Gasteiger partial charge in [0.25, 0.3) is 5.79 Å². The fourth-order valence-corrected chi connectivity index (χ4v) is 28.1. The number of carboxylic acid groups (broad SMARTS) is 2. The Balaban J connectivity index is 0.000000130. The highest BCUT2D eigenvalue weighted by atomic mass is 17.3. The van der Waals surface area contributed by atoms with Gasteiger partial charge in [0.2, 0.25) is 0 Å². The average molecular weight is 1940 g/mol. The molecule has 16 aliphatic carbocycles. The molecule has 20 aliphatic rings. The third-order valence-electron chi connectivity index (χ3n) is 35.2. The molecule has 3 N–H and O–H groups in total. The van der Waals surface area contributed by atoms with E-state index in [-0.39, 0.29) is 23.2 Å². The molecule has 1 spiro atoms. The first kappa shape index (κ1) is 101. The van der Waals surface area contributed by atoms with E-state index >= 15 is 0 Å². The minimum atomic E-state index is -1.28. The summed E-state index contributed by atoms with van der Waals surface area (Å²) in [5.41, 5.74) is 11.9. The Labute approximate surface area is 838 Å². The van der Waals surface area contributed by atoms with Gasteiger partial charge < -0.3 is 67.1 Å². The molecule has 5 aromatic carbocycles. The standard InChI is InChI=1S/C41H41BN2O8.C28H35BO6.C24H28O4.C23H26O5/c1-38(2)39(3,4)50-42(49-38)35-21-34(41(47-5)40(51-52-41)29-15-24-14-25(17-29)18-30(40)16-24)26(19-27(35)11-13-37(45)46)10-12-31-20-33(28(22-43)23-44)32-8-6-7-9-36(32)48-31;1-27(2)28(3,4)35-29(34-27)23-14-22(21(15-30)13-18(23)6-7-24(31)32)26(33-5)25-19-9-16-8-17(11-19)12-20(25)10-16;1-14-6-21(20(13-25)12-17(14)4-5-22(26)27-2)24(28-3)23-18-8-15-7-16(10-18)11-19(23)9-15;1-27-21(26)4-3-15-10-18(12-24)19(11-20(15)25)23(28-2)22-16-6-13-5-14(8-16)9-17(22)7-13/h6-13,19-21,24-25,29-30H,14-18H2,1-5H3,(H,45,46);6-7,13-17,19-20H,8-12H2,1-5H3,(H,31,32);4-6,12-13,15-16,18-19H,7-11H2,1-3H3;3-4,10-14,16-17,25H,5-9H2,1-2H3/b12-10+,13-11+;7-6+,26-25?;5-4+,24-23?;4-3+,23-22?. The van der Waals surface area contributed by atoms with Crippen LogP contribution < -0.4 is 15.7 Å². The van der Waals surface area contributed by atoms with E-state index in [2.05, 4.69) is 9.47 Å². The van der Waals surface area contributed by atoms with E-state index < -0.39 is 71.9 Å². The summed E-state index contributed by atoms with van der Waals surface area (Å²) >= 11 is 0. The lowest BCUT2D eigenvalue weighted by atomic mass is 9.46. The van der Waals surface area contributed by atoms with Gasteiger partial charge in [-0.1, -0.05) is 36.4 Å². The Morgan fingerprint density at radius 3 is 1.15 bits per heavy atom. The normalized spacial score (nSPS) is 29.9. The van der Waals surface area contributed by atoms with Crippen LogP contribution in [0.25, 0.3) is 53.2 Å². The van der Waals surface area contributed by atoms with Crippen LogP contribution in [-0.4, -0.2) is 143 Å². The maximum absolute atomic E-state index is 12.3. The number of hydrogen-bond acceptors (Lipinski definition) is 23. The van der Waals surface area contributed by atoms with E-state index in [0.29, 0.717) is 131 Å². The number of carbonyl (C=O) groups is 7. The second-order valence-corrected chi connectivity index (χ2v) is 44.5. The fraction of sp³-hybridized carbons (Fsp3) is 0.491. The molecule has 4 heterocycles. The second kappa shape index (κ2) is 40.3. The lowest BCUT2D eigenvalue weighted by Gasteiger charge is -2.68. The molecule has 748 valence electrons. The van der Waals surface area contributed by atoms with Gasteiger partial charge in [-0.15, -0.1) is 0 Å². The van der Waals surface area contributed by atoms with Crippen LogP contribution in [-0.2, 0) is 81.8 Å². The number of methoxy groups -OCH3 is 6. The lowest BCUT2D eigenvalue weighted by Crippen LogP contribution is -2.76. The highest BCUT2D eigenvalue weighted by Gasteiger charge is 2.77. The number of allylic oxidation sites excluding steroid dienone is 7. The number of benzene rings is 5. The molecule has 25 nitrogen and oxygen atoms in total. The van der Waals surface area contributed by atoms with Crippen molar-refractivity contribution in [3.05, 3.63) is 215 Å². The number of nitrogens with zero attached hydrogens (tertiary/aromatic N) is 2. The molecule has 5 aromatic rings. The highest BCUT2D eigenvalue weighted by molar-refractivity contribution is 6.63. The summed E-state index contributed by atoms with van der Waals surface area (Å²) in [5.74, 6) is 9.11. The third-order valence-corrected chi connectivity index (χ3v) is 35.2. The van der Waals surface area contributed by atoms with Crippen molar-refractivity contribution in [1.29, 1.82) is 10.5 Å². The number of carbonyl (C=O) groups excluding carboxylic acids is 5. The summed E-state index contributed by atoms with van der Waals surface area (Å²) < 4.78 is 65.6. The summed E-state index contributed by atoms with van der Waals surface area (Å²) in [6.45, 7) is 17.8. The predicted molar refractivity (Wildman–Crippen MR) is 541 cm³/mol. The van der Waals surface area contributed by atoms with Crippen LogP contribution in [0.3, 0.4) is 0 Å². The van der Waals surface area contributed by atoms with Crippen molar-refractivity contribution >= 4 is 121 Å². The minimum Gasteiger partial charge on any atom is -0.507 e. The number of fused-ring (bicyclic) bond motifs is 1. The molecule has 0 aromatic heterocycles. The SMILES string of the molecule is COC(=C1C2CC3CC(C2)CC1C3)c1cc(B2OC(C)(C)C(C)(C)O2)c(/C=C/C(=O)O)cc1C=O.COC(=O)/C=C/c1cc(C=O)c(C(OC)=C2C3CC4CC(C3)CC2C4)cc1C.COC(=O)/C=C/c1cc(C=O)c(C(OC)=C2C3CC4CC(C3)CC2C4)cc1O.COC1(c2cc(B3OC(C)(C)C(C)(C)O3)c(/C=C/C(=O)O)cc2/C=C/C2=CC(=C(C#N)C#N)c3ccccc3O2)OOC12C1CC3CC(C1)CC2C3. The number of carboxylic acids is 2. The van der Waals surface area contributed by atoms with Crippen LogP contribution in [0.15, 0.2) is 137 Å². The predicted octanol–water partition coefficient (Wildman–Crippen LogP) is 20.6. The zero-order chi connectivity index (χ0) is 101. The quantitative estimate of drug-likeness (QED) is 0.0104. The molecule has 25 rings (SSSR count). The van der Waals surface area contributed by atoms with Crippen LogP contribution in [0.4, 0.5) is 0 Å². The number of hydrogen-bond donors (Lipinski definition) is 3. The van der Waals surface area contributed by atoms with Gasteiger partial charge in [-0.3, -0.25) is 14.4 Å². The van der Waals surface area contributed by atoms with E-state index in [1.54, 1.807) is 77.0 Å². The highest BCUT2D eigenvalue weighted by Crippen LogP contribution is 2.71. The maximum atomic E-state index is 12.3. The number of aromatic hydroxyl groups is 1. The lowest BCUT2D eigenvalue weighted by molar-refractivity contribution is -0.645. The van der Waals surface area contributed by atoms with Crippen LogP contribution in [0.2, 0.25) is 0 Å². The summed E-state index contributed by atoms with van der Waals surface area (Å²) in [7, 11) is 7.83. The number of aldehydes is 3. The maximum Gasteiger partial charge on any atom is 0.495 e. The molecule has 1 unspecified atom stereocenters. The summed E-state index contributed by atoms with van der Waals surface area (Å²) in [6, 6.07) is 25.8. The van der Waals surface area contributed by atoms with Gasteiger partial charge in [-0.2, -0.15) is 15.4 Å². The molecule has 16 saturated carbocycles. The van der Waals surface area contributed by atoms with Crippen LogP contribution in [0.1, 0.15) is 276 Å². The fourth-order valence-electron chi connectivity index (χ4n) is 28.1. The van der Waals surface area contributed by atoms with Crippen molar-refractivity contribution in [3.63, 3.8) is 0 Å². The number of phenolic OH excluding ortho intramolecular Hbond substituents is 1. The van der Waals surface area contributed by atoms with Gasteiger partial charge in [0.1, 0.15) is 52.2 Å². The minimum absolute atomic E-state index is 0.000260. The first-order valence-corrected chi connectivity index (χ1v) is 50.7. The largest absolute Gasteiger partial charge is 0.507 e. The van der Waals surface area contributed by atoms with E-state index in [4.69, 9.17) is 52.1 Å². The number of ether oxygens (including phenoxy) is 7. The first-order chi connectivity index (χ1) is 68.4. The topological polar surface area (TPSA) is 348 Å². The molecular weight excluding hydrogens is 1810 g/mol. The monoisotopic (exact) mass is 1940 g/mol. The summed E-state index contributed by atoms with van der Waals surface area (Å²) in [6.07, 6.45) is 43.1. The van der Waals surface area contributed by atoms with Crippen molar-refractivity contribution in [3.8, 4) is 23.6 Å².